The predicted octanol–water partition coefficient (Wildman–Crippen LogP) is 1.94. The van der Waals surface area contributed by atoms with Crippen molar-refractivity contribution in [1.29, 1.82) is 0 Å². The number of nitrogens with zero attached hydrogens (tertiary/aromatic N) is 4. The Bertz CT molecular complexity index is 961. The molecule has 1 aliphatic rings. The number of carboxylic acid groups (broad SMARTS) is 1. The van der Waals surface area contributed by atoms with Crippen molar-refractivity contribution in [3.05, 3.63) is 47.2 Å². The van der Waals surface area contributed by atoms with E-state index in [-0.39, 0.29) is 5.82 Å². The van der Waals surface area contributed by atoms with E-state index in [0.717, 1.165) is 16.8 Å². The third kappa shape index (κ3) is 3.43. The molecular formula is C18H20FN5O3. The van der Waals surface area contributed by atoms with Gasteiger partial charge < -0.3 is 10.1 Å². The van der Waals surface area contributed by atoms with Crippen LogP contribution in [0.1, 0.15) is 23.0 Å². The third-order valence-electron chi connectivity index (χ3n) is 5.10. The molecule has 0 saturated carbocycles. The number of carbonyl (C=O) groups is 1. The molecule has 0 bridgehead atoms. The van der Waals surface area contributed by atoms with E-state index in [4.69, 9.17) is 4.63 Å². The van der Waals surface area contributed by atoms with Gasteiger partial charge >= 0.3 is 5.97 Å². The lowest BCUT2D eigenvalue weighted by atomic mass is 10.0. The van der Waals surface area contributed by atoms with Gasteiger partial charge in [-0.3, -0.25) is 14.6 Å². The summed E-state index contributed by atoms with van der Waals surface area (Å²) in [5.41, 5.74) is 2.83. The zero-order valence-corrected chi connectivity index (χ0v) is 14.9. The van der Waals surface area contributed by atoms with Gasteiger partial charge in [0.2, 0.25) is 0 Å². The number of aromatic amines is 1. The fourth-order valence-corrected chi connectivity index (χ4v) is 3.62. The third-order valence-corrected chi connectivity index (χ3v) is 5.10. The number of H-pyrrole nitrogens is 1. The van der Waals surface area contributed by atoms with Crippen molar-refractivity contribution in [3.8, 4) is 0 Å². The lowest BCUT2D eigenvalue weighted by Gasteiger charge is -2.37. The number of carboxylic acids is 1. The molecule has 3 aromatic rings. The summed E-state index contributed by atoms with van der Waals surface area (Å²) >= 11 is 0. The van der Waals surface area contributed by atoms with Crippen molar-refractivity contribution in [2.45, 2.75) is 19.5 Å². The molecule has 1 aliphatic heterocycles. The van der Waals surface area contributed by atoms with Gasteiger partial charge in [-0.1, -0.05) is 10.3 Å². The van der Waals surface area contributed by atoms with Crippen LogP contribution < -0.4 is 0 Å². The molecule has 0 amide bonds. The van der Waals surface area contributed by atoms with E-state index >= 15 is 0 Å². The average Bonchev–Trinajstić information content (AvgIpc) is 3.23. The normalized spacial score (nSPS) is 17.4. The number of benzene rings is 1. The van der Waals surface area contributed by atoms with Crippen molar-refractivity contribution < 1.29 is 18.9 Å². The monoisotopic (exact) mass is 373 g/mol. The number of aromatic nitrogens is 3. The molecule has 0 radical (unpaired) electrons. The number of aryl methyl sites for hydroxylation is 1. The molecule has 0 spiro atoms. The first kappa shape index (κ1) is 17.6. The van der Waals surface area contributed by atoms with Crippen molar-refractivity contribution in [2.75, 3.05) is 26.2 Å². The first-order valence-corrected chi connectivity index (χ1v) is 8.76. The van der Waals surface area contributed by atoms with Crippen LogP contribution in [0.25, 0.3) is 10.9 Å². The number of rotatable bonds is 5. The lowest BCUT2D eigenvalue weighted by Crippen LogP contribution is -2.48. The largest absolute Gasteiger partial charge is 0.480 e. The van der Waals surface area contributed by atoms with Gasteiger partial charge in [0.15, 0.2) is 0 Å². The molecule has 142 valence electrons. The minimum Gasteiger partial charge on any atom is -0.480 e. The zero-order valence-electron chi connectivity index (χ0n) is 14.9. The molecule has 9 heteroatoms. The maximum atomic E-state index is 13.4. The number of fused-ring (bicyclic) bond motifs is 1. The Morgan fingerprint density at radius 1 is 1.33 bits per heavy atom. The van der Waals surface area contributed by atoms with Crippen LogP contribution in [0.4, 0.5) is 4.39 Å². The molecule has 0 aliphatic carbocycles. The molecule has 8 nitrogen and oxygen atoms in total. The summed E-state index contributed by atoms with van der Waals surface area (Å²) in [6.07, 6.45) is 1.67. The number of piperazine rings is 1. The zero-order chi connectivity index (χ0) is 19.0. The highest BCUT2D eigenvalue weighted by molar-refractivity contribution is 5.89. The van der Waals surface area contributed by atoms with Crippen LogP contribution in [0.5, 0.6) is 0 Å². The second kappa shape index (κ2) is 7.09. The van der Waals surface area contributed by atoms with Crippen LogP contribution in [-0.4, -0.2) is 62.4 Å². The topological polar surface area (TPSA) is 98.5 Å². The molecule has 4 rings (SSSR count). The Kier molecular flexibility index (Phi) is 4.63. The predicted molar refractivity (Wildman–Crippen MR) is 94.5 cm³/mol. The number of aliphatic carboxylic acids is 1. The smallest absolute Gasteiger partial charge is 0.325 e. The highest BCUT2D eigenvalue weighted by Gasteiger charge is 2.32. The highest BCUT2D eigenvalue weighted by atomic mass is 19.1. The molecule has 1 unspecified atom stereocenters. The molecule has 2 N–H and O–H groups in total. The maximum absolute atomic E-state index is 13.4. The van der Waals surface area contributed by atoms with E-state index in [0.29, 0.717) is 43.8 Å². The van der Waals surface area contributed by atoms with Crippen molar-refractivity contribution in [3.63, 3.8) is 0 Å². The van der Waals surface area contributed by atoms with Crippen LogP contribution in [0.2, 0.25) is 0 Å². The van der Waals surface area contributed by atoms with Gasteiger partial charge in [-0.05, 0) is 25.1 Å². The molecule has 2 aromatic heterocycles. The molecular weight excluding hydrogens is 353 g/mol. The molecule has 1 aromatic carbocycles. The summed E-state index contributed by atoms with van der Waals surface area (Å²) < 4.78 is 18.1. The van der Waals surface area contributed by atoms with Crippen LogP contribution in [0, 0.1) is 12.7 Å². The van der Waals surface area contributed by atoms with Crippen molar-refractivity contribution in [2.24, 2.45) is 0 Å². The number of halogens is 1. The average molecular weight is 373 g/mol. The van der Waals surface area contributed by atoms with Crippen LogP contribution in [0.3, 0.4) is 0 Å². The minimum absolute atomic E-state index is 0.353. The Hall–Kier alpha value is -2.78. The lowest BCUT2D eigenvalue weighted by molar-refractivity contribution is -0.144. The van der Waals surface area contributed by atoms with E-state index in [1.807, 2.05) is 11.8 Å². The van der Waals surface area contributed by atoms with Gasteiger partial charge in [-0.2, -0.15) is 0 Å². The van der Waals surface area contributed by atoms with E-state index in [1.165, 1.54) is 12.1 Å². The van der Waals surface area contributed by atoms with Crippen LogP contribution >= 0.6 is 0 Å². The SMILES string of the molecule is Cc1nonc1CN1CCN(C(C(=O)O)c2c[nH]c3cc(F)ccc23)CC1. The van der Waals surface area contributed by atoms with E-state index < -0.39 is 12.0 Å². The van der Waals surface area contributed by atoms with Gasteiger partial charge in [-0.25, -0.2) is 9.02 Å². The van der Waals surface area contributed by atoms with E-state index in [9.17, 15) is 14.3 Å². The van der Waals surface area contributed by atoms with Gasteiger partial charge in [0.1, 0.15) is 23.2 Å². The minimum atomic E-state index is -0.912. The van der Waals surface area contributed by atoms with Gasteiger partial charge in [0.05, 0.1) is 0 Å². The van der Waals surface area contributed by atoms with Gasteiger partial charge in [0.25, 0.3) is 0 Å². The molecule has 27 heavy (non-hydrogen) atoms. The maximum Gasteiger partial charge on any atom is 0.325 e. The van der Waals surface area contributed by atoms with Crippen LogP contribution in [0.15, 0.2) is 29.0 Å². The summed E-state index contributed by atoms with van der Waals surface area (Å²) in [4.78, 5) is 19.1. The fourth-order valence-electron chi connectivity index (χ4n) is 3.62. The molecule has 3 heterocycles. The fraction of sp³-hybridized carbons (Fsp3) is 0.389. The molecule has 1 saturated heterocycles. The number of nitrogens with one attached hydrogen (secondary N) is 1. The second-order valence-corrected chi connectivity index (χ2v) is 6.78. The molecule has 1 fully saturated rings. The molecule has 1 atom stereocenters. The Morgan fingerprint density at radius 3 is 2.78 bits per heavy atom. The Morgan fingerprint density at radius 2 is 2.11 bits per heavy atom. The highest BCUT2D eigenvalue weighted by Crippen LogP contribution is 2.30. The first-order chi connectivity index (χ1) is 13.0. The standard InChI is InChI=1S/C18H20FN5O3/c1-11-16(22-27-21-11)10-23-4-6-24(7-5-23)17(18(25)26)14-9-20-15-8-12(19)2-3-13(14)15/h2-3,8-9,17,20H,4-7,10H2,1H3,(H,25,26). The van der Waals surface area contributed by atoms with E-state index in [1.54, 1.807) is 12.3 Å². The summed E-state index contributed by atoms with van der Waals surface area (Å²) in [5.74, 6) is -1.26. The Balaban J connectivity index is 1.50. The summed E-state index contributed by atoms with van der Waals surface area (Å²) in [6.45, 7) is 5.13. The Labute approximate surface area is 154 Å². The van der Waals surface area contributed by atoms with Gasteiger partial charge in [-0.15, -0.1) is 0 Å². The second-order valence-electron chi connectivity index (χ2n) is 6.78. The number of hydrogen-bond acceptors (Lipinski definition) is 6. The summed E-state index contributed by atoms with van der Waals surface area (Å²) in [6, 6.07) is 3.58. The van der Waals surface area contributed by atoms with Crippen molar-refractivity contribution in [1.82, 2.24) is 25.1 Å². The van der Waals surface area contributed by atoms with Gasteiger partial charge in [0, 0.05) is 55.4 Å². The number of hydrogen-bond donors (Lipinski definition) is 2. The quantitative estimate of drug-likeness (QED) is 0.705. The summed E-state index contributed by atoms with van der Waals surface area (Å²) in [7, 11) is 0. The van der Waals surface area contributed by atoms with Crippen molar-refractivity contribution >= 4 is 16.9 Å². The summed E-state index contributed by atoms with van der Waals surface area (Å²) in [5, 5.41) is 18.3. The van der Waals surface area contributed by atoms with E-state index in [2.05, 4.69) is 20.2 Å². The van der Waals surface area contributed by atoms with Crippen LogP contribution in [-0.2, 0) is 11.3 Å². The first-order valence-electron chi connectivity index (χ1n) is 8.76.